The van der Waals surface area contributed by atoms with E-state index in [0.29, 0.717) is 26.2 Å². The first-order chi connectivity index (χ1) is 10.4. The molecule has 0 saturated carbocycles. The first-order valence-corrected chi connectivity index (χ1v) is 8.52. The van der Waals surface area contributed by atoms with Crippen molar-refractivity contribution in [2.24, 2.45) is 5.92 Å². The summed E-state index contributed by atoms with van der Waals surface area (Å²) in [6.07, 6.45) is 0.657. The SMILES string of the molecule is CC(C)C(C(=O)NCCC1(C)OCCO1)c1ccc(Br)cc1. The number of amides is 1. The first kappa shape index (κ1) is 17.4. The highest BCUT2D eigenvalue weighted by Gasteiger charge is 2.31. The molecule has 1 aliphatic rings. The van der Waals surface area contributed by atoms with Crippen molar-refractivity contribution in [1.29, 1.82) is 0 Å². The molecule has 0 spiro atoms. The molecule has 0 aliphatic carbocycles. The number of carbonyl (C=O) groups is 1. The Hall–Kier alpha value is -0.910. The van der Waals surface area contributed by atoms with Gasteiger partial charge in [-0.3, -0.25) is 4.79 Å². The summed E-state index contributed by atoms with van der Waals surface area (Å²) in [5, 5.41) is 3.02. The van der Waals surface area contributed by atoms with Crippen LogP contribution in [0.1, 0.15) is 38.7 Å². The lowest BCUT2D eigenvalue weighted by Crippen LogP contribution is -2.37. The average Bonchev–Trinajstić information content (AvgIpc) is 2.88. The molecule has 0 bridgehead atoms. The van der Waals surface area contributed by atoms with Crippen LogP contribution in [0.5, 0.6) is 0 Å². The molecule has 0 aromatic heterocycles. The van der Waals surface area contributed by atoms with Crippen LogP contribution in [0.4, 0.5) is 0 Å². The molecule has 1 saturated heterocycles. The van der Waals surface area contributed by atoms with Crippen LogP contribution in [0.15, 0.2) is 28.7 Å². The van der Waals surface area contributed by atoms with Crippen molar-refractivity contribution in [3.63, 3.8) is 0 Å². The summed E-state index contributed by atoms with van der Waals surface area (Å²) in [6, 6.07) is 7.94. The summed E-state index contributed by atoms with van der Waals surface area (Å²) >= 11 is 3.43. The lowest BCUT2D eigenvalue weighted by atomic mass is 9.87. The highest BCUT2D eigenvalue weighted by molar-refractivity contribution is 9.10. The fourth-order valence-corrected chi connectivity index (χ4v) is 3.00. The number of carbonyl (C=O) groups excluding carboxylic acids is 1. The maximum absolute atomic E-state index is 12.5. The van der Waals surface area contributed by atoms with Crippen molar-refractivity contribution < 1.29 is 14.3 Å². The minimum absolute atomic E-state index is 0.0546. The van der Waals surface area contributed by atoms with Gasteiger partial charge in [0, 0.05) is 17.4 Å². The van der Waals surface area contributed by atoms with E-state index in [-0.39, 0.29) is 17.7 Å². The average molecular weight is 370 g/mol. The van der Waals surface area contributed by atoms with E-state index in [0.717, 1.165) is 10.0 Å². The summed E-state index contributed by atoms with van der Waals surface area (Å²) in [4.78, 5) is 12.5. The number of rotatable bonds is 6. The molecule has 122 valence electrons. The summed E-state index contributed by atoms with van der Waals surface area (Å²) in [5.74, 6) is -0.418. The van der Waals surface area contributed by atoms with Gasteiger partial charge in [0.25, 0.3) is 0 Å². The number of benzene rings is 1. The highest BCUT2D eigenvalue weighted by atomic mass is 79.9. The summed E-state index contributed by atoms with van der Waals surface area (Å²) in [7, 11) is 0. The van der Waals surface area contributed by atoms with Crippen LogP contribution in [0, 0.1) is 5.92 Å². The number of halogens is 1. The van der Waals surface area contributed by atoms with Gasteiger partial charge < -0.3 is 14.8 Å². The zero-order valence-corrected chi connectivity index (χ0v) is 15.0. The summed E-state index contributed by atoms with van der Waals surface area (Å²) in [6.45, 7) is 7.85. The monoisotopic (exact) mass is 369 g/mol. The molecule has 1 aliphatic heterocycles. The van der Waals surface area contributed by atoms with Gasteiger partial charge in [0.15, 0.2) is 5.79 Å². The predicted molar refractivity (Wildman–Crippen MR) is 89.7 cm³/mol. The predicted octanol–water partition coefficient (Wildman–Crippen LogP) is 3.46. The lowest BCUT2D eigenvalue weighted by Gasteiger charge is -2.24. The van der Waals surface area contributed by atoms with E-state index in [1.165, 1.54) is 0 Å². The van der Waals surface area contributed by atoms with Crippen molar-refractivity contribution in [1.82, 2.24) is 5.32 Å². The van der Waals surface area contributed by atoms with Crippen LogP contribution in [0.3, 0.4) is 0 Å². The Morgan fingerprint density at radius 3 is 2.41 bits per heavy atom. The van der Waals surface area contributed by atoms with Gasteiger partial charge in [-0.15, -0.1) is 0 Å². The van der Waals surface area contributed by atoms with Crippen LogP contribution in [-0.4, -0.2) is 31.5 Å². The van der Waals surface area contributed by atoms with Crippen LogP contribution < -0.4 is 5.32 Å². The second-order valence-electron chi connectivity index (χ2n) is 6.15. The molecule has 1 aromatic carbocycles. The van der Waals surface area contributed by atoms with Crippen molar-refractivity contribution >= 4 is 21.8 Å². The van der Waals surface area contributed by atoms with Crippen molar-refractivity contribution in [2.75, 3.05) is 19.8 Å². The normalized spacial score (nSPS) is 18.4. The molecule has 4 nitrogen and oxygen atoms in total. The molecule has 1 amide bonds. The van der Waals surface area contributed by atoms with Gasteiger partial charge in [-0.05, 0) is 30.5 Å². The third kappa shape index (κ3) is 4.54. The molecule has 1 aromatic rings. The van der Waals surface area contributed by atoms with Gasteiger partial charge in [-0.1, -0.05) is 41.9 Å². The number of ether oxygens (including phenoxy) is 2. The Morgan fingerprint density at radius 2 is 1.86 bits per heavy atom. The maximum atomic E-state index is 12.5. The first-order valence-electron chi connectivity index (χ1n) is 7.72. The maximum Gasteiger partial charge on any atom is 0.227 e. The second-order valence-corrected chi connectivity index (χ2v) is 7.06. The van der Waals surface area contributed by atoms with Crippen LogP contribution >= 0.6 is 15.9 Å². The standard InChI is InChI=1S/C17H24BrNO3/c1-12(2)15(13-4-6-14(18)7-5-13)16(20)19-9-8-17(3)21-10-11-22-17/h4-7,12,15H,8-11H2,1-3H3,(H,19,20). The highest BCUT2D eigenvalue weighted by Crippen LogP contribution is 2.26. The Kier molecular flexibility index (Phi) is 6.01. The molecule has 0 radical (unpaired) electrons. The molecule has 2 rings (SSSR count). The molecule has 1 atom stereocenters. The molecule has 1 fully saturated rings. The van der Waals surface area contributed by atoms with Gasteiger partial charge >= 0.3 is 0 Å². The second kappa shape index (κ2) is 7.57. The molecule has 22 heavy (non-hydrogen) atoms. The molecule has 1 unspecified atom stereocenters. The molecular formula is C17H24BrNO3. The van der Waals surface area contributed by atoms with E-state index in [4.69, 9.17) is 9.47 Å². The van der Waals surface area contributed by atoms with Crippen LogP contribution in [0.25, 0.3) is 0 Å². The Bertz CT molecular complexity index is 495. The number of hydrogen-bond donors (Lipinski definition) is 1. The Morgan fingerprint density at radius 1 is 1.27 bits per heavy atom. The Balaban J connectivity index is 1.93. The number of hydrogen-bond acceptors (Lipinski definition) is 3. The van der Waals surface area contributed by atoms with E-state index in [1.807, 2.05) is 31.2 Å². The van der Waals surface area contributed by atoms with Gasteiger partial charge in [0.2, 0.25) is 5.91 Å². The van der Waals surface area contributed by atoms with Crippen LogP contribution in [-0.2, 0) is 14.3 Å². The van der Waals surface area contributed by atoms with Gasteiger partial charge in [-0.25, -0.2) is 0 Å². The van der Waals surface area contributed by atoms with E-state index in [1.54, 1.807) is 0 Å². The van der Waals surface area contributed by atoms with Crippen molar-refractivity contribution in [3.8, 4) is 0 Å². The Labute approximate surface area is 140 Å². The number of nitrogens with one attached hydrogen (secondary N) is 1. The van der Waals surface area contributed by atoms with Gasteiger partial charge in [0.1, 0.15) is 0 Å². The fourth-order valence-electron chi connectivity index (χ4n) is 2.73. The minimum Gasteiger partial charge on any atom is -0.355 e. The van der Waals surface area contributed by atoms with Crippen molar-refractivity contribution in [3.05, 3.63) is 34.3 Å². The minimum atomic E-state index is -0.557. The van der Waals surface area contributed by atoms with Gasteiger partial charge in [0.05, 0.1) is 19.1 Å². The lowest BCUT2D eigenvalue weighted by molar-refractivity contribution is -0.146. The van der Waals surface area contributed by atoms with E-state index >= 15 is 0 Å². The topological polar surface area (TPSA) is 47.6 Å². The third-order valence-corrected chi connectivity index (χ3v) is 4.48. The van der Waals surface area contributed by atoms with Gasteiger partial charge in [-0.2, -0.15) is 0 Å². The summed E-state index contributed by atoms with van der Waals surface area (Å²) in [5.41, 5.74) is 1.04. The van der Waals surface area contributed by atoms with E-state index in [9.17, 15) is 4.79 Å². The quantitative estimate of drug-likeness (QED) is 0.834. The van der Waals surface area contributed by atoms with E-state index in [2.05, 4.69) is 35.1 Å². The molecule has 1 heterocycles. The largest absolute Gasteiger partial charge is 0.355 e. The smallest absolute Gasteiger partial charge is 0.227 e. The molecule has 1 N–H and O–H groups in total. The zero-order valence-electron chi connectivity index (χ0n) is 13.4. The molecule has 5 heteroatoms. The third-order valence-electron chi connectivity index (χ3n) is 3.95. The summed E-state index contributed by atoms with van der Waals surface area (Å²) < 4.78 is 12.1. The molecular weight excluding hydrogens is 346 g/mol. The van der Waals surface area contributed by atoms with Crippen LogP contribution in [0.2, 0.25) is 0 Å². The fraction of sp³-hybridized carbons (Fsp3) is 0.588. The van der Waals surface area contributed by atoms with Crippen molar-refractivity contribution in [2.45, 2.75) is 38.9 Å². The zero-order chi connectivity index (χ0) is 16.2. The van der Waals surface area contributed by atoms with E-state index < -0.39 is 5.79 Å².